The van der Waals surface area contributed by atoms with Gasteiger partial charge in [0.1, 0.15) is 0 Å². The quantitative estimate of drug-likeness (QED) is 0.810. The fourth-order valence-corrected chi connectivity index (χ4v) is 4.26. The van der Waals surface area contributed by atoms with Crippen molar-refractivity contribution in [2.45, 2.75) is 64.5 Å². The zero-order valence-corrected chi connectivity index (χ0v) is 13.5. The third-order valence-corrected chi connectivity index (χ3v) is 5.29. The smallest absolute Gasteiger partial charge is 0.0414 e. The van der Waals surface area contributed by atoms with Crippen LogP contribution in [0.3, 0.4) is 0 Å². The SMILES string of the molecule is CCCNCc1ccccc1N1CCC[C@H]2CCCC[C@H]21. The normalized spacial score (nSPS) is 25.7. The van der Waals surface area contributed by atoms with E-state index in [1.807, 2.05) is 0 Å². The first kappa shape index (κ1) is 14.9. The highest BCUT2D eigenvalue weighted by Crippen LogP contribution is 2.38. The summed E-state index contributed by atoms with van der Waals surface area (Å²) in [6.45, 7) is 5.61. The molecule has 0 spiro atoms. The molecule has 1 saturated carbocycles. The number of hydrogen-bond donors (Lipinski definition) is 1. The third kappa shape index (κ3) is 3.42. The van der Waals surface area contributed by atoms with Crippen molar-refractivity contribution in [2.75, 3.05) is 18.0 Å². The number of anilines is 1. The topological polar surface area (TPSA) is 15.3 Å². The summed E-state index contributed by atoms with van der Waals surface area (Å²) in [6.07, 6.45) is 9.77. The van der Waals surface area contributed by atoms with E-state index in [1.54, 1.807) is 0 Å². The number of benzene rings is 1. The summed E-state index contributed by atoms with van der Waals surface area (Å²) < 4.78 is 0. The lowest BCUT2D eigenvalue weighted by molar-refractivity contribution is 0.243. The molecule has 116 valence electrons. The second kappa shape index (κ2) is 7.31. The molecule has 1 aliphatic carbocycles. The Kier molecular flexibility index (Phi) is 5.18. The number of piperidine rings is 1. The lowest BCUT2D eigenvalue weighted by Gasteiger charge is -2.46. The Labute approximate surface area is 129 Å². The molecule has 1 aromatic carbocycles. The van der Waals surface area contributed by atoms with E-state index in [9.17, 15) is 0 Å². The number of hydrogen-bond acceptors (Lipinski definition) is 2. The first-order valence-electron chi connectivity index (χ1n) is 8.95. The van der Waals surface area contributed by atoms with Crippen LogP contribution in [0.1, 0.15) is 57.4 Å². The fraction of sp³-hybridized carbons (Fsp3) is 0.684. The highest BCUT2D eigenvalue weighted by molar-refractivity contribution is 5.55. The van der Waals surface area contributed by atoms with Crippen molar-refractivity contribution in [3.63, 3.8) is 0 Å². The fourth-order valence-electron chi connectivity index (χ4n) is 4.26. The van der Waals surface area contributed by atoms with Gasteiger partial charge < -0.3 is 10.2 Å². The Bertz CT molecular complexity index is 441. The first-order valence-corrected chi connectivity index (χ1v) is 8.95. The molecule has 1 aromatic rings. The summed E-state index contributed by atoms with van der Waals surface area (Å²) in [5, 5.41) is 3.58. The zero-order valence-electron chi connectivity index (χ0n) is 13.5. The monoisotopic (exact) mass is 286 g/mol. The minimum Gasteiger partial charge on any atom is -0.368 e. The minimum absolute atomic E-state index is 0.805. The van der Waals surface area contributed by atoms with Crippen LogP contribution >= 0.6 is 0 Å². The van der Waals surface area contributed by atoms with Crippen LogP contribution in [-0.2, 0) is 6.54 Å². The van der Waals surface area contributed by atoms with Crippen LogP contribution in [0, 0.1) is 5.92 Å². The summed E-state index contributed by atoms with van der Waals surface area (Å²) in [6, 6.07) is 9.87. The predicted octanol–water partition coefficient (Wildman–Crippen LogP) is 4.35. The summed E-state index contributed by atoms with van der Waals surface area (Å²) >= 11 is 0. The lowest BCUT2D eigenvalue weighted by atomic mass is 9.78. The van der Waals surface area contributed by atoms with Gasteiger partial charge >= 0.3 is 0 Å². The predicted molar refractivity (Wildman–Crippen MR) is 90.8 cm³/mol. The molecule has 2 fully saturated rings. The summed E-state index contributed by atoms with van der Waals surface area (Å²) in [4.78, 5) is 2.75. The molecule has 1 aliphatic heterocycles. The van der Waals surface area contributed by atoms with E-state index in [0.717, 1.165) is 25.0 Å². The summed E-state index contributed by atoms with van der Waals surface area (Å²) in [5.74, 6) is 0.948. The Morgan fingerprint density at radius 1 is 1.10 bits per heavy atom. The number of fused-ring (bicyclic) bond motifs is 1. The molecule has 2 heteroatoms. The van der Waals surface area contributed by atoms with Gasteiger partial charge in [-0.3, -0.25) is 0 Å². The number of nitrogens with zero attached hydrogens (tertiary/aromatic N) is 1. The van der Waals surface area contributed by atoms with Crippen LogP contribution in [0.4, 0.5) is 5.69 Å². The van der Waals surface area contributed by atoms with Gasteiger partial charge in [-0.1, -0.05) is 38.0 Å². The molecule has 0 bridgehead atoms. The average molecular weight is 286 g/mol. The highest BCUT2D eigenvalue weighted by Gasteiger charge is 2.33. The number of para-hydroxylation sites is 1. The van der Waals surface area contributed by atoms with E-state index in [4.69, 9.17) is 0 Å². The van der Waals surface area contributed by atoms with E-state index in [0.29, 0.717) is 0 Å². The molecule has 2 atom stereocenters. The van der Waals surface area contributed by atoms with Gasteiger partial charge in [0.05, 0.1) is 0 Å². The van der Waals surface area contributed by atoms with Gasteiger partial charge in [0.2, 0.25) is 0 Å². The Hall–Kier alpha value is -1.02. The van der Waals surface area contributed by atoms with Gasteiger partial charge in [0, 0.05) is 24.8 Å². The molecule has 0 amide bonds. The van der Waals surface area contributed by atoms with Crippen LogP contribution < -0.4 is 10.2 Å². The van der Waals surface area contributed by atoms with Crippen molar-refractivity contribution >= 4 is 5.69 Å². The average Bonchev–Trinajstić information content (AvgIpc) is 2.55. The maximum Gasteiger partial charge on any atom is 0.0414 e. The third-order valence-electron chi connectivity index (χ3n) is 5.29. The maximum absolute atomic E-state index is 3.58. The molecule has 0 aromatic heterocycles. The lowest BCUT2D eigenvalue weighted by Crippen LogP contribution is -2.47. The van der Waals surface area contributed by atoms with E-state index >= 15 is 0 Å². The van der Waals surface area contributed by atoms with Crippen LogP contribution in [0.5, 0.6) is 0 Å². The Morgan fingerprint density at radius 2 is 1.90 bits per heavy atom. The van der Waals surface area contributed by atoms with E-state index in [2.05, 4.69) is 41.4 Å². The second-order valence-corrected chi connectivity index (χ2v) is 6.75. The molecule has 1 saturated heterocycles. The van der Waals surface area contributed by atoms with Crippen LogP contribution in [0.2, 0.25) is 0 Å². The van der Waals surface area contributed by atoms with Gasteiger partial charge in [-0.15, -0.1) is 0 Å². The van der Waals surface area contributed by atoms with E-state index < -0.39 is 0 Å². The number of nitrogens with one attached hydrogen (secondary N) is 1. The van der Waals surface area contributed by atoms with Crippen molar-refractivity contribution < 1.29 is 0 Å². The van der Waals surface area contributed by atoms with Crippen LogP contribution in [-0.4, -0.2) is 19.1 Å². The number of rotatable bonds is 5. The van der Waals surface area contributed by atoms with Gasteiger partial charge in [-0.25, -0.2) is 0 Å². The van der Waals surface area contributed by atoms with E-state index in [-0.39, 0.29) is 0 Å². The Morgan fingerprint density at radius 3 is 2.81 bits per heavy atom. The molecule has 2 aliphatic rings. The van der Waals surface area contributed by atoms with Crippen LogP contribution in [0.15, 0.2) is 24.3 Å². The van der Waals surface area contributed by atoms with Crippen molar-refractivity contribution in [1.82, 2.24) is 5.32 Å². The van der Waals surface area contributed by atoms with Crippen molar-refractivity contribution in [3.8, 4) is 0 Å². The maximum atomic E-state index is 3.58. The summed E-state index contributed by atoms with van der Waals surface area (Å²) in [7, 11) is 0. The molecule has 3 rings (SSSR count). The van der Waals surface area contributed by atoms with Gasteiger partial charge in [-0.2, -0.15) is 0 Å². The zero-order chi connectivity index (χ0) is 14.5. The molecule has 1 heterocycles. The van der Waals surface area contributed by atoms with Gasteiger partial charge in [0.25, 0.3) is 0 Å². The molecule has 1 N–H and O–H groups in total. The van der Waals surface area contributed by atoms with Gasteiger partial charge in [0.15, 0.2) is 0 Å². The molecule has 2 nitrogen and oxygen atoms in total. The standard InChI is InChI=1S/C19H30N2/c1-2-13-20-15-17-9-4-6-12-19(17)21-14-7-10-16-8-3-5-11-18(16)21/h4,6,9,12,16,18,20H,2-3,5,7-8,10-11,13-15H2,1H3/t16-,18-/m1/s1. The van der Waals surface area contributed by atoms with Crippen molar-refractivity contribution in [1.29, 1.82) is 0 Å². The molecule has 0 radical (unpaired) electrons. The first-order chi connectivity index (χ1) is 10.4. The second-order valence-electron chi connectivity index (χ2n) is 6.75. The highest BCUT2D eigenvalue weighted by atomic mass is 15.2. The molecular weight excluding hydrogens is 256 g/mol. The van der Waals surface area contributed by atoms with Gasteiger partial charge in [-0.05, 0) is 56.2 Å². The summed E-state index contributed by atoms with van der Waals surface area (Å²) in [5.41, 5.74) is 2.98. The van der Waals surface area contributed by atoms with Crippen molar-refractivity contribution in [2.24, 2.45) is 5.92 Å². The molecule has 0 unspecified atom stereocenters. The van der Waals surface area contributed by atoms with Crippen molar-refractivity contribution in [3.05, 3.63) is 29.8 Å². The Balaban J connectivity index is 1.78. The van der Waals surface area contributed by atoms with E-state index in [1.165, 1.54) is 62.7 Å². The molecular formula is C19H30N2. The minimum atomic E-state index is 0.805. The largest absolute Gasteiger partial charge is 0.368 e. The molecule has 21 heavy (non-hydrogen) atoms. The van der Waals surface area contributed by atoms with Crippen LogP contribution in [0.25, 0.3) is 0 Å².